The molecule has 0 aliphatic carbocycles. The van der Waals surface area contributed by atoms with Crippen LogP contribution in [0.3, 0.4) is 0 Å². The van der Waals surface area contributed by atoms with Crippen molar-refractivity contribution >= 4 is 17.0 Å². The number of rotatable bonds is 8. The van der Waals surface area contributed by atoms with Crippen molar-refractivity contribution in [2.45, 2.75) is 13.3 Å². The molecule has 7 nitrogen and oxygen atoms in total. The van der Waals surface area contributed by atoms with Crippen LogP contribution in [0.4, 0.5) is 0 Å². The lowest BCUT2D eigenvalue weighted by Crippen LogP contribution is -2.12. The summed E-state index contributed by atoms with van der Waals surface area (Å²) < 4.78 is 24.3. The molecule has 3 aromatic rings. The van der Waals surface area contributed by atoms with Crippen LogP contribution >= 0.6 is 0 Å². The normalized spacial score (nSPS) is 12.3. The molecule has 0 N–H and O–H groups in total. The molecular formula is C17H20N4O3S. The van der Waals surface area contributed by atoms with Crippen molar-refractivity contribution in [3.8, 4) is 22.8 Å². The fourth-order valence-corrected chi connectivity index (χ4v) is 3.10. The fraction of sp³-hybridized carbons (Fsp3) is 0.353. The number of ether oxygens (including phenoxy) is 2. The van der Waals surface area contributed by atoms with E-state index in [0.29, 0.717) is 35.4 Å². The van der Waals surface area contributed by atoms with Crippen molar-refractivity contribution in [2.24, 2.45) is 0 Å². The van der Waals surface area contributed by atoms with E-state index in [1.165, 1.54) is 0 Å². The number of methoxy groups -OCH3 is 1. The first-order valence-corrected chi connectivity index (χ1v) is 9.52. The molecule has 1 atom stereocenters. The third-order valence-electron chi connectivity index (χ3n) is 3.68. The molecule has 2 heterocycles. The number of aromatic nitrogens is 4. The van der Waals surface area contributed by atoms with Crippen molar-refractivity contribution in [3.05, 3.63) is 36.8 Å². The largest absolute Gasteiger partial charge is 0.616 e. The van der Waals surface area contributed by atoms with E-state index in [1.807, 2.05) is 31.3 Å². The van der Waals surface area contributed by atoms with Crippen LogP contribution in [0.25, 0.3) is 17.0 Å². The molecule has 0 spiro atoms. The molecule has 0 fully saturated rings. The summed E-state index contributed by atoms with van der Waals surface area (Å²) in [5.41, 5.74) is 1.56. The van der Waals surface area contributed by atoms with Crippen LogP contribution in [0.15, 0.2) is 36.8 Å². The Morgan fingerprint density at radius 1 is 1.28 bits per heavy atom. The lowest BCUT2D eigenvalue weighted by atomic mass is 10.1. The fourth-order valence-electron chi connectivity index (χ4n) is 2.37. The van der Waals surface area contributed by atoms with Gasteiger partial charge in [-0.2, -0.15) is 5.10 Å². The van der Waals surface area contributed by atoms with Gasteiger partial charge in [-0.05, 0) is 19.1 Å². The number of hydrogen-bond donors (Lipinski definition) is 0. The summed E-state index contributed by atoms with van der Waals surface area (Å²) in [6.07, 6.45) is 5.75. The Labute approximate surface area is 149 Å². The average molecular weight is 360 g/mol. The zero-order valence-electron chi connectivity index (χ0n) is 14.2. The van der Waals surface area contributed by atoms with Crippen LogP contribution in [-0.2, 0) is 11.2 Å². The zero-order chi connectivity index (χ0) is 17.6. The van der Waals surface area contributed by atoms with Gasteiger partial charge in [0.25, 0.3) is 5.78 Å². The van der Waals surface area contributed by atoms with E-state index >= 15 is 0 Å². The third-order valence-corrected chi connectivity index (χ3v) is 5.07. The molecule has 0 aliphatic rings. The highest BCUT2D eigenvalue weighted by molar-refractivity contribution is 7.91. The number of hydrogen-bond acceptors (Lipinski definition) is 6. The molecule has 3 rings (SSSR count). The highest BCUT2D eigenvalue weighted by atomic mass is 32.2. The van der Waals surface area contributed by atoms with Crippen molar-refractivity contribution in [1.82, 2.24) is 19.6 Å². The smallest absolute Gasteiger partial charge is 0.251 e. The second kappa shape index (κ2) is 8.17. The van der Waals surface area contributed by atoms with Crippen LogP contribution < -0.4 is 9.47 Å². The van der Waals surface area contributed by atoms with Crippen molar-refractivity contribution in [2.75, 3.05) is 25.2 Å². The summed E-state index contributed by atoms with van der Waals surface area (Å²) in [5.74, 6) is 3.21. The highest BCUT2D eigenvalue weighted by Gasteiger charge is 2.13. The minimum atomic E-state index is -0.780. The predicted octanol–water partition coefficient (Wildman–Crippen LogP) is 2.34. The molecular weight excluding hydrogens is 340 g/mol. The van der Waals surface area contributed by atoms with E-state index < -0.39 is 11.2 Å². The third kappa shape index (κ3) is 4.21. The quantitative estimate of drug-likeness (QED) is 0.453. The van der Waals surface area contributed by atoms with E-state index in [2.05, 4.69) is 15.1 Å². The molecule has 1 unspecified atom stereocenters. The predicted molar refractivity (Wildman–Crippen MR) is 96.4 cm³/mol. The molecule has 8 heteroatoms. The van der Waals surface area contributed by atoms with Crippen LogP contribution in [-0.4, -0.2) is 49.4 Å². The molecule has 0 radical (unpaired) electrons. The lowest BCUT2D eigenvalue weighted by Gasteiger charge is -2.12. The van der Waals surface area contributed by atoms with Crippen molar-refractivity contribution < 1.29 is 14.0 Å². The zero-order valence-corrected chi connectivity index (χ0v) is 15.0. The van der Waals surface area contributed by atoms with Crippen LogP contribution in [0.2, 0.25) is 0 Å². The van der Waals surface area contributed by atoms with Gasteiger partial charge in [0.2, 0.25) is 0 Å². The molecule has 0 aliphatic heterocycles. The maximum atomic E-state index is 11.5. The van der Waals surface area contributed by atoms with Crippen molar-refractivity contribution in [3.63, 3.8) is 0 Å². The first-order chi connectivity index (χ1) is 12.2. The Balaban J connectivity index is 1.82. The average Bonchev–Trinajstić information content (AvgIpc) is 3.08. The topological polar surface area (TPSA) is 84.6 Å². The monoisotopic (exact) mass is 360 g/mol. The van der Waals surface area contributed by atoms with E-state index in [9.17, 15) is 4.55 Å². The first kappa shape index (κ1) is 17.5. The second-order valence-electron chi connectivity index (χ2n) is 5.31. The molecule has 2 aromatic heterocycles. The molecule has 132 valence electrons. The Morgan fingerprint density at radius 2 is 2.16 bits per heavy atom. The Morgan fingerprint density at radius 3 is 2.92 bits per heavy atom. The number of fused-ring (bicyclic) bond motifs is 1. The van der Waals surface area contributed by atoms with E-state index in [1.54, 1.807) is 24.0 Å². The van der Waals surface area contributed by atoms with Crippen molar-refractivity contribution in [1.29, 1.82) is 0 Å². The van der Waals surface area contributed by atoms with Gasteiger partial charge in [-0.3, -0.25) is 0 Å². The lowest BCUT2D eigenvalue weighted by molar-refractivity contribution is 0.316. The second-order valence-corrected chi connectivity index (χ2v) is 7.18. The van der Waals surface area contributed by atoms with Gasteiger partial charge in [0.05, 0.1) is 38.0 Å². The molecule has 0 bridgehead atoms. The summed E-state index contributed by atoms with van der Waals surface area (Å²) >= 11 is -0.780. The molecule has 0 saturated heterocycles. The molecule has 0 saturated carbocycles. The summed E-state index contributed by atoms with van der Waals surface area (Å²) in [4.78, 5) is 8.67. The van der Waals surface area contributed by atoms with Crippen LogP contribution in [0, 0.1) is 0 Å². The van der Waals surface area contributed by atoms with E-state index in [0.717, 1.165) is 17.7 Å². The Hall–Kier alpha value is -2.32. The standard InChI is InChI=1S/C17H20N4O3S/c1-3-25(22)10-4-9-24-16-11-13(23-2)5-6-14(16)15-12-21-17(20-15)18-7-8-19-21/h5-8,11-12H,3-4,9-10H2,1-2H3. The van der Waals surface area contributed by atoms with E-state index in [-0.39, 0.29) is 0 Å². The van der Waals surface area contributed by atoms with Crippen LogP contribution in [0.1, 0.15) is 13.3 Å². The van der Waals surface area contributed by atoms with Gasteiger partial charge >= 0.3 is 0 Å². The van der Waals surface area contributed by atoms with Gasteiger partial charge in [-0.1, -0.05) is 11.2 Å². The summed E-state index contributed by atoms with van der Waals surface area (Å²) in [6, 6.07) is 5.59. The molecule has 0 amide bonds. The van der Waals surface area contributed by atoms with Gasteiger partial charge in [0.1, 0.15) is 23.0 Å². The molecule has 1 aromatic carbocycles. The summed E-state index contributed by atoms with van der Waals surface area (Å²) in [7, 11) is 1.61. The van der Waals surface area contributed by atoms with Gasteiger partial charge < -0.3 is 14.0 Å². The minimum absolute atomic E-state index is 0.482. The highest BCUT2D eigenvalue weighted by Crippen LogP contribution is 2.33. The Kier molecular flexibility index (Phi) is 5.72. The van der Waals surface area contributed by atoms with E-state index in [4.69, 9.17) is 9.47 Å². The SMILES string of the molecule is CC[S+]([O-])CCCOc1cc(OC)ccc1-c1cn2nccnc2n1. The number of benzene rings is 1. The van der Waals surface area contributed by atoms with Gasteiger partial charge in [0, 0.05) is 18.1 Å². The van der Waals surface area contributed by atoms with Gasteiger partial charge in [-0.15, -0.1) is 0 Å². The van der Waals surface area contributed by atoms with Gasteiger partial charge in [0.15, 0.2) is 0 Å². The number of nitrogens with zero attached hydrogens (tertiary/aromatic N) is 4. The van der Waals surface area contributed by atoms with Gasteiger partial charge in [-0.25, -0.2) is 14.5 Å². The summed E-state index contributed by atoms with van der Waals surface area (Å²) in [5, 5.41) is 4.19. The summed E-state index contributed by atoms with van der Waals surface area (Å²) in [6.45, 7) is 2.40. The van der Waals surface area contributed by atoms with Crippen LogP contribution in [0.5, 0.6) is 11.5 Å². The first-order valence-electron chi connectivity index (χ1n) is 8.04. The Bertz CT molecular complexity index is 807. The maximum absolute atomic E-state index is 11.5. The number of imidazole rings is 1. The maximum Gasteiger partial charge on any atom is 0.251 e. The minimum Gasteiger partial charge on any atom is -0.616 e. The molecule has 25 heavy (non-hydrogen) atoms.